The average molecular weight is 256 g/mol. The second kappa shape index (κ2) is 4.40. The summed E-state index contributed by atoms with van der Waals surface area (Å²) in [5.41, 5.74) is 1.62. The van der Waals surface area contributed by atoms with Crippen molar-refractivity contribution >= 4 is 23.2 Å². The van der Waals surface area contributed by atoms with Gasteiger partial charge in [-0.1, -0.05) is 35.3 Å². The van der Waals surface area contributed by atoms with Crippen LogP contribution in [0.5, 0.6) is 0 Å². The molecule has 2 aromatic rings. The molecule has 16 heavy (non-hydrogen) atoms. The van der Waals surface area contributed by atoms with Crippen molar-refractivity contribution in [3.05, 3.63) is 51.9 Å². The van der Waals surface area contributed by atoms with Gasteiger partial charge in [0, 0.05) is 23.4 Å². The first-order chi connectivity index (χ1) is 7.59. The molecule has 0 atom stereocenters. The summed E-state index contributed by atoms with van der Waals surface area (Å²) in [5.74, 6) is -0.305. The lowest BCUT2D eigenvalue weighted by atomic mass is 10.1. The standard InChI is InChI=1S/C12H8Cl2FN/c1-7-6-16-11(5-10(7)15)8-3-2-4-9(13)12(8)14/h2-6H,1H3. The van der Waals surface area contributed by atoms with Gasteiger partial charge in [0.2, 0.25) is 0 Å². The molecule has 4 heteroatoms. The summed E-state index contributed by atoms with van der Waals surface area (Å²) in [6.07, 6.45) is 1.47. The molecule has 2 rings (SSSR count). The lowest BCUT2D eigenvalue weighted by molar-refractivity contribution is 0.616. The summed E-state index contributed by atoms with van der Waals surface area (Å²) in [7, 11) is 0. The Hall–Kier alpha value is -1.12. The molecule has 1 aromatic carbocycles. The quantitative estimate of drug-likeness (QED) is 0.731. The van der Waals surface area contributed by atoms with E-state index < -0.39 is 0 Å². The zero-order chi connectivity index (χ0) is 11.7. The Morgan fingerprint density at radius 1 is 1.25 bits per heavy atom. The molecule has 0 spiro atoms. The SMILES string of the molecule is Cc1cnc(-c2cccc(Cl)c2Cl)cc1F. The van der Waals surface area contributed by atoms with E-state index >= 15 is 0 Å². The molecule has 0 aliphatic heterocycles. The van der Waals surface area contributed by atoms with E-state index in [9.17, 15) is 4.39 Å². The van der Waals surface area contributed by atoms with Gasteiger partial charge in [0.25, 0.3) is 0 Å². The highest BCUT2D eigenvalue weighted by Gasteiger charge is 2.09. The van der Waals surface area contributed by atoms with Crippen LogP contribution >= 0.6 is 23.2 Å². The average Bonchev–Trinajstić information content (AvgIpc) is 2.26. The monoisotopic (exact) mass is 255 g/mol. The van der Waals surface area contributed by atoms with Gasteiger partial charge in [-0.3, -0.25) is 4.98 Å². The van der Waals surface area contributed by atoms with Crippen molar-refractivity contribution in [3.63, 3.8) is 0 Å². The minimum Gasteiger partial charge on any atom is -0.256 e. The molecule has 0 aliphatic rings. The second-order valence-corrected chi connectivity index (χ2v) is 4.21. The number of hydrogen-bond acceptors (Lipinski definition) is 1. The molecule has 1 nitrogen and oxygen atoms in total. The Labute approximate surface area is 103 Å². The highest BCUT2D eigenvalue weighted by molar-refractivity contribution is 6.43. The lowest BCUT2D eigenvalue weighted by Gasteiger charge is -2.05. The van der Waals surface area contributed by atoms with Gasteiger partial charge in [-0.25, -0.2) is 4.39 Å². The Balaban J connectivity index is 2.59. The fourth-order valence-corrected chi connectivity index (χ4v) is 1.75. The number of hydrogen-bond donors (Lipinski definition) is 0. The maximum atomic E-state index is 13.4. The van der Waals surface area contributed by atoms with Crippen LogP contribution in [0.2, 0.25) is 10.0 Å². The van der Waals surface area contributed by atoms with Gasteiger partial charge in [0.05, 0.1) is 15.7 Å². The highest BCUT2D eigenvalue weighted by atomic mass is 35.5. The van der Waals surface area contributed by atoms with E-state index in [-0.39, 0.29) is 5.82 Å². The molecule has 0 saturated carbocycles. The van der Waals surface area contributed by atoms with Gasteiger partial charge < -0.3 is 0 Å². The van der Waals surface area contributed by atoms with E-state index in [1.54, 1.807) is 25.1 Å². The number of aromatic nitrogens is 1. The zero-order valence-electron chi connectivity index (χ0n) is 8.47. The maximum Gasteiger partial charge on any atom is 0.129 e. The van der Waals surface area contributed by atoms with Crippen LogP contribution in [0.25, 0.3) is 11.3 Å². The first-order valence-electron chi connectivity index (χ1n) is 4.66. The molecule has 0 amide bonds. The molecule has 0 bridgehead atoms. The van der Waals surface area contributed by atoms with Gasteiger partial charge in [0.1, 0.15) is 5.82 Å². The number of halogens is 3. The Morgan fingerprint density at radius 2 is 2.00 bits per heavy atom. The van der Waals surface area contributed by atoms with Crippen molar-refractivity contribution in [2.45, 2.75) is 6.92 Å². The van der Waals surface area contributed by atoms with Crippen LogP contribution in [-0.2, 0) is 0 Å². The van der Waals surface area contributed by atoms with Crippen LogP contribution in [0.4, 0.5) is 4.39 Å². The topological polar surface area (TPSA) is 12.9 Å². The van der Waals surface area contributed by atoms with Crippen molar-refractivity contribution in [2.75, 3.05) is 0 Å². The third-order valence-corrected chi connectivity index (χ3v) is 3.08. The summed E-state index contributed by atoms with van der Waals surface area (Å²) in [5, 5.41) is 0.821. The number of rotatable bonds is 1. The lowest BCUT2D eigenvalue weighted by Crippen LogP contribution is -1.90. The van der Waals surface area contributed by atoms with Crippen LogP contribution in [0.1, 0.15) is 5.56 Å². The number of pyridine rings is 1. The summed E-state index contributed by atoms with van der Waals surface area (Å²) in [4.78, 5) is 4.13. The predicted molar refractivity (Wildman–Crippen MR) is 64.4 cm³/mol. The van der Waals surface area contributed by atoms with E-state index in [2.05, 4.69) is 4.98 Å². The van der Waals surface area contributed by atoms with E-state index in [0.29, 0.717) is 26.9 Å². The van der Waals surface area contributed by atoms with Gasteiger partial charge in [-0.2, -0.15) is 0 Å². The van der Waals surface area contributed by atoms with Gasteiger partial charge in [-0.15, -0.1) is 0 Å². The summed E-state index contributed by atoms with van der Waals surface area (Å²) >= 11 is 11.9. The van der Waals surface area contributed by atoms with Crippen LogP contribution < -0.4 is 0 Å². The normalized spacial score (nSPS) is 10.5. The third kappa shape index (κ3) is 2.04. The molecule has 0 unspecified atom stereocenters. The van der Waals surface area contributed by atoms with Crippen LogP contribution in [-0.4, -0.2) is 4.98 Å². The van der Waals surface area contributed by atoms with Gasteiger partial charge >= 0.3 is 0 Å². The second-order valence-electron chi connectivity index (χ2n) is 3.42. The van der Waals surface area contributed by atoms with Crippen molar-refractivity contribution in [2.24, 2.45) is 0 Å². The molecule has 0 radical (unpaired) electrons. The minimum atomic E-state index is -0.305. The van der Waals surface area contributed by atoms with Crippen molar-refractivity contribution in [1.29, 1.82) is 0 Å². The summed E-state index contributed by atoms with van der Waals surface area (Å²) in [6, 6.07) is 6.54. The van der Waals surface area contributed by atoms with E-state index in [1.165, 1.54) is 12.3 Å². The van der Waals surface area contributed by atoms with Crippen LogP contribution in [0, 0.1) is 12.7 Å². The summed E-state index contributed by atoms with van der Waals surface area (Å²) in [6.45, 7) is 1.66. The Bertz CT molecular complexity index is 541. The molecule has 0 aliphatic carbocycles. The summed E-state index contributed by atoms with van der Waals surface area (Å²) < 4.78 is 13.4. The molecule has 0 N–H and O–H groups in total. The molecular weight excluding hydrogens is 248 g/mol. The van der Waals surface area contributed by atoms with Crippen molar-refractivity contribution in [1.82, 2.24) is 4.98 Å². The number of benzene rings is 1. The van der Waals surface area contributed by atoms with Gasteiger partial charge in [0.15, 0.2) is 0 Å². The fourth-order valence-electron chi connectivity index (χ4n) is 1.35. The Kier molecular flexibility index (Phi) is 3.13. The smallest absolute Gasteiger partial charge is 0.129 e. The highest BCUT2D eigenvalue weighted by Crippen LogP contribution is 2.32. The Morgan fingerprint density at radius 3 is 2.69 bits per heavy atom. The van der Waals surface area contributed by atoms with Crippen LogP contribution in [0.15, 0.2) is 30.5 Å². The minimum absolute atomic E-state index is 0.305. The fraction of sp³-hybridized carbons (Fsp3) is 0.0833. The molecular formula is C12H8Cl2FN. The van der Waals surface area contributed by atoms with E-state index in [4.69, 9.17) is 23.2 Å². The number of aryl methyl sites for hydroxylation is 1. The van der Waals surface area contributed by atoms with E-state index in [0.717, 1.165) is 0 Å². The van der Waals surface area contributed by atoms with Crippen molar-refractivity contribution in [3.8, 4) is 11.3 Å². The molecule has 82 valence electrons. The largest absolute Gasteiger partial charge is 0.256 e. The maximum absolute atomic E-state index is 13.4. The molecule has 0 fully saturated rings. The molecule has 1 aromatic heterocycles. The first kappa shape index (κ1) is 11.4. The van der Waals surface area contributed by atoms with Crippen LogP contribution in [0.3, 0.4) is 0 Å². The predicted octanol–water partition coefficient (Wildman–Crippen LogP) is 4.50. The first-order valence-corrected chi connectivity index (χ1v) is 5.41. The number of nitrogens with zero attached hydrogens (tertiary/aromatic N) is 1. The third-order valence-electron chi connectivity index (χ3n) is 2.26. The van der Waals surface area contributed by atoms with Crippen molar-refractivity contribution < 1.29 is 4.39 Å². The molecule has 0 saturated heterocycles. The van der Waals surface area contributed by atoms with Gasteiger partial charge in [-0.05, 0) is 13.0 Å². The van der Waals surface area contributed by atoms with E-state index in [1.807, 2.05) is 0 Å². The zero-order valence-corrected chi connectivity index (χ0v) is 9.98. The molecule has 1 heterocycles.